The van der Waals surface area contributed by atoms with E-state index in [2.05, 4.69) is 15.4 Å². The van der Waals surface area contributed by atoms with Gasteiger partial charge in [0.15, 0.2) is 5.78 Å². The summed E-state index contributed by atoms with van der Waals surface area (Å²) in [5.41, 5.74) is 4.80. The lowest BCUT2D eigenvalue weighted by Gasteiger charge is -2.16. The van der Waals surface area contributed by atoms with Crippen LogP contribution in [0.2, 0.25) is 0 Å². The molecule has 200 valence electrons. The van der Waals surface area contributed by atoms with E-state index in [4.69, 9.17) is 0 Å². The quantitative estimate of drug-likeness (QED) is 0.241. The second-order valence-corrected chi connectivity index (χ2v) is 9.72. The average molecular weight is 541 g/mol. The number of ketones is 1. The van der Waals surface area contributed by atoms with Crippen LogP contribution in [0.3, 0.4) is 0 Å². The van der Waals surface area contributed by atoms with Crippen LogP contribution in [0.25, 0.3) is 27.5 Å². The number of carboxylic acids is 1. The van der Waals surface area contributed by atoms with Gasteiger partial charge in [-0.15, -0.1) is 0 Å². The van der Waals surface area contributed by atoms with E-state index in [0.717, 1.165) is 27.6 Å². The summed E-state index contributed by atoms with van der Waals surface area (Å²) >= 11 is 0. The molecule has 0 bridgehead atoms. The van der Waals surface area contributed by atoms with Crippen molar-refractivity contribution >= 4 is 34.1 Å². The molecule has 3 aromatic heterocycles. The maximum Gasteiger partial charge on any atom is 0.335 e. The van der Waals surface area contributed by atoms with Gasteiger partial charge < -0.3 is 10.4 Å². The Morgan fingerprint density at radius 1 is 0.829 bits per heavy atom. The Morgan fingerprint density at radius 2 is 1.59 bits per heavy atom. The van der Waals surface area contributed by atoms with E-state index in [-0.39, 0.29) is 17.3 Å². The number of benzene rings is 3. The van der Waals surface area contributed by atoms with Crippen LogP contribution >= 0.6 is 0 Å². The van der Waals surface area contributed by atoms with Gasteiger partial charge in [0, 0.05) is 28.9 Å². The first-order valence-corrected chi connectivity index (χ1v) is 13.0. The lowest BCUT2D eigenvalue weighted by Crippen LogP contribution is -2.27. The van der Waals surface area contributed by atoms with E-state index >= 15 is 0 Å². The number of fused-ring (bicyclic) bond motifs is 2. The Labute approximate surface area is 234 Å². The van der Waals surface area contributed by atoms with Crippen LogP contribution in [0.1, 0.15) is 55.2 Å². The molecule has 0 aliphatic rings. The highest BCUT2D eigenvalue weighted by Gasteiger charge is 2.23. The average Bonchev–Trinajstić information content (AvgIpc) is 3.44. The molecule has 0 aliphatic carbocycles. The molecule has 1 amide bonds. The largest absolute Gasteiger partial charge is 0.478 e. The molecule has 0 unspecified atom stereocenters. The summed E-state index contributed by atoms with van der Waals surface area (Å²) in [5, 5.41) is 17.5. The van der Waals surface area contributed by atoms with Gasteiger partial charge in [-0.1, -0.05) is 48.5 Å². The van der Waals surface area contributed by atoms with Crippen LogP contribution < -0.4 is 5.32 Å². The van der Waals surface area contributed by atoms with E-state index in [1.54, 1.807) is 53.3 Å². The SMILES string of the molecule is C[C@H](NC(=O)c1cc(-c2ccccc2)cn2ncc(C(=O)c3ccc4ncccc4c3)c12)c1ccc(C(=O)O)cc1. The van der Waals surface area contributed by atoms with Gasteiger partial charge in [0.2, 0.25) is 0 Å². The number of rotatable bonds is 7. The third-order valence-corrected chi connectivity index (χ3v) is 7.08. The van der Waals surface area contributed by atoms with Gasteiger partial charge in [0.1, 0.15) is 0 Å². The lowest BCUT2D eigenvalue weighted by molar-refractivity contribution is 0.0696. The number of aromatic nitrogens is 3. The normalized spacial score (nSPS) is 11.8. The summed E-state index contributed by atoms with van der Waals surface area (Å²) in [6.45, 7) is 1.82. The molecule has 3 heterocycles. The van der Waals surface area contributed by atoms with Crippen molar-refractivity contribution in [2.24, 2.45) is 0 Å². The molecule has 0 aliphatic heterocycles. The summed E-state index contributed by atoms with van der Waals surface area (Å²) in [7, 11) is 0. The number of aromatic carboxylic acids is 1. The van der Waals surface area contributed by atoms with E-state index in [0.29, 0.717) is 22.2 Å². The maximum absolute atomic E-state index is 13.8. The van der Waals surface area contributed by atoms with Crippen molar-refractivity contribution < 1.29 is 19.5 Å². The lowest BCUT2D eigenvalue weighted by atomic mass is 9.98. The standard InChI is InChI=1S/C33H24N4O4/c1-20(21-9-11-23(12-10-21)33(40)41)36-32(39)27-17-26(22-6-3-2-4-7-22)19-37-30(27)28(18-35-37)31(38)25-13-14-29-24(16-25)8-5-15-34-29/h2-20H,1H3,(H,36,39)(H,40,41)/t20-/m0/s1. The molecule has 3 aromatic carbocycles. The van der Waals surface area contributed by atoms with Crippen molar-refractivity contribution in [3.05, 3.63) is 137 Å². The highest BCUT2D eigenvalue weighted by molar-refractivity contribution is 6.17. The molecule has 6 aromatic rings. The third kappa shape index (κ3) is 4.94. The van der Waals surface area contributed by atoms with Gasteiger partial charge in [-0.05, 0) is 60.5 Å². The molecular formula is C33H24N4O4. The first-order valence-electron chi connectivity index (χ1n) is 13.0. The molecule has 2 N–H and O–H groups in total. The van der Waals surface area contributed by atoms with Crippen molar-refractivity contribution in [2.75, 3.05) is 0 Å². The highest BCUT2D eigenvalue weighted by Crippen LogP contribution is 2.28. The summed E-state index contributed by atoms with van der Waals surface area (Å²) in [5.74, 6) is -1.67. The van der Waals surface area contributed by atoms with Crippen LogP contribution in [0.15, 0.2) is 110 Å². The molecule has 1 atom stereocenters. The van der Waals surface area contributed by atoms with Crippen LogP contribution in [-0.4, -0.2) is 37.4 Å². The predicted molar refractivity (Wildman–Crippen MR) is 155 cm³/mol. The highest BCUT2D eigenvalue weighted by atomic mass is 16.4. The Morgan fingerprint density at radius 3 is 2.34 bits per heavy atom. The van der Waals surface area contributed by atoms with E-state index in [9.17, 15) is 19.5 Å². The zero-order valence-electron chi connectivity index (χ0n) is 22.0. The molecular weight excluding hydrogens is 516 g/mol. The number of hydrogen-bond acceptors (Lipinski definition) is 5. The number of hydrogen-bond donors (Lipinski definition) is 2. The second kappa shape index (κ2) is 10.5. The summed E-state index contributed by atoms with van der Waals surface area (Å²) < 4.78 is 1.57. The Balaban J connectivity index is 1.42. The summed E-state index contributed by atoms with van der Waals surface area (Å²) in [6.07, 6.45) is 4.99. The number of nitrogens with one attached hydrogen (secondary N) is 1. The minimum atomic E-state index is -1.02. The van der Waals surface area contributed by atoms with E-state index in [1.807, 2.05) is 49.4 Å². The van der Waals surface area contributed by atoms with Gasteiger partial charge >= 0.3 is 5.97 Å². The van der Waals surface area contributed by atoms with Crippen molar-refractivity contribution in [2.45, 2.75) is 13.0 Å². The number of carbonyl (C=O) groups excluding carboxylic acids is 2. The molecule has 0 saturated carbocycles. The zero-order chi connectivity index (χ0) is 28.5. The van der Waals surface area contributed by atoms with Crippen LogP contribution in [-0.2, 0) is 0 Å². The molecule has 0 radical (unpaired) electrons. The zero-order valence-corrected chi connectivity index (χ0v) is 22.0. The Kier molecular flexibility index (Phi) is 6.57. The van der Waals surface area contributed by atoms with Crippen molar-refractivity contribution in [3.8, 4) is 11.1 Å². The Hall–Kier alpha value is -5.63. The summed E-state index contributed by atoms with van der Waals surface area (Å²) in [4.78, 5) is 43.2. The minimum absolute atomic E-state index is 0.163. The van der Waals surface area contributed by atoms with Crippen molar-refractivity contribution in [3.63, 3.8) is 0 Å². The molecule has 0 fully saturated rings. The minimum Gasteiger partial charge on any atom is -0.478 e. The van der Waals surface area contributed by atoms with Crippen LogP contribution in [0, 0.1) is 0 Å². The third-order valence-electron chi connectivity index (χ3n) is 7.08. The topological polar surface area (TPSA) is 114 Å². The fraction of sp³-hybridized carbons (Fsp3) is 0.0606. The molecule has 8 nitrogen and oxygen atoms in total. The Bertz CT molecular complexity index is 1950. The number of carbonyl (C=O) groups is 3. The molecule has 0 spiro atoms. The molecule has 6 rings (SSSR count). The van der Waals surface area contributed by atoms with Gasteiger partial charge in [-0.2, -0.15) is 5.10 Å². The number of carboxylic acid groups (broad SMARTS) is 1. The van der Waals surface area contributed by atoms with Gasteiger partial charge in [0.25, 0.3) is 5.91 Å². The molecule has 0 saturated heterocycles. The van der Waals surface area contributed by atoms with Crippen molar-refractivity contribution in [1.29, 1.82) is 0 Å². The van der Waals surface area contributed by atoms with E-state index < -0.39 is 12.0 Å². The molecule has 41 heavy (non-hydrogen) atoms. The predicted octanol–water partition coefficient (Wildman–Crippen LogP) is 5.97. The van der Waals surface area contributed by atoms with Crippen LogP contribution in [0.5, 0.6) is 0 Å². The number of pyridine rings is 2. The maximum atomic E-state index is 13.8. The van der Waals surface area contributed by atoms with Gasteiger partial charge in [-0.3, -0.25) is 14.6 Å². The fourth-order valence-corrected chi connectivity index (χ4v) is 4.89. The second-order valence-electron chi connectivity index (χ2n) is 9.72. The smallest absolute Gasteiger partial charge is 0.335 e. The monoisotopic (exact) mass is 540 g/mol. The first-order chi connectivity index (χ1) is 19.9. The van der Waals surface area contributed by atoms with Crippen LogP contribution in [0.4, 0.5) is 0 Å². The van der Waals surface area contributed by atoms with Gasteiger partial charge in [-0.25, -0.2) is 9.31 Å². The van der Waals surface area contributed by atoms with Crippen molar-refractivity contribution in [1.82, 2.24) is 19.9 Å². The number of nitrogens with zero attached hydrogens (tertiary/aromatic N) is 3. The van der Waals surface area contributed by atoms with Gasteiger partial charge in [0.05, 0.1) is 40.0 Å². The number of amides is 1. The fourth-order valence-electron chi connectivity index (χ4n) is 4.89. The molecule has 8 heteroatoms. The van der Waals surface area contributed by atoms with E-state index in [1.165, 1.54) is 18.3 Å². The summed E-state index contributed by atoms with van der Waals surface area (Å²) in [6, 6.07) is 26.3. The first kappa shape index (κ1) is 25.6.